The molecule has 1 aliphatic heterocycles. The maximum atomic E-state index is 12.5. The summed E-state index contributed by atoms with van der Waals surface area (Å²) in [6, 6.07) is 3.34. The van der Waals surface area contributed by atoms with E-state index in [4.69, 9.17) is 4.74 Å². The molecule has 114 valence electrons. The third-order valence-electron chi connectivity index (χ3n) is 3.38. The van der Waals surface area contributed by atoms with Gasteiger partial charge < -0.3 is 10.1 Å². The maximum absolute atomic E-state index is 12.5. The van der Waals surface area contributed by atoms with Crippen molar-refractivity contribution in [1.29, 1.82) is 0 Å². The van der Waals surface area contributed by atoms with Crippen molar-refractivity contribution in [1.82, 2.24) is 19.7 Å². The summed E-state index contributed by atoms with van der Waals surface area (Å²) in [4.78, 5) is 20.7. The minimum absolute atomic E-state index is 0.192. The highest BCUT2D eigenvalue weighted by Gasteiger charge is 2.34. The lowest BCUT2D eigenvalue weighted by atomic mass is 9.96. The number of pyridine rings is 1. The molecule has 22 heavy (non-hydrogen) atoms. The van der Waals surface area contributed by atoms with Crippen molar-refractivity contribution in [2.24, 2.45) is 0 Å². The fourth-order valence-electron chi connectivity index (χ4n) is 2.49. The molecule has 1 aliphatic rings. The van der Waals surface area contributed by atoms with Crippen LogP contribution >= 0.6 is 0 Å². The Morgan fingerprint density at radius 1 is 1.36 bits per heavy atom. The summed E-state index contributed by atoms with van der Waals surface area (Å²) in [5, 5.41) is 7.34. The van der Waals surface area contributed by atoms with Crippen LogP contribution in [0.5, 0.6) is 0 Å². The van der Waals surface area contributed by atoms with Crippen molar-refractivity contribution >= 4 is 11.9 Å². The molecule has 0 aliphatic carbocycles. The van der Waals surface area contributed by atoms with Gasteiger partial charge in [0.1, 0.15) is 12.4 Å². The van der Waals surface area contributed by atoms with Crippen LogP contribution in [0, 0.1) is 0 Å². The Bertz CT molecular complexity index is 721. The first-order valence-corrected chi connectivity index (χ1v) is 7.06. The lowest BCUT2D eigenvalue weighted by Gasteiger charge is -2.28. The number of anilines is 1. The first kappa shape index (κ1) is 14.2. The van der Waals surface area contributed by atoms with Crippen LogP contribution in [0.2, 0.25) is 0 Å². The van der Waals surface area contributed by atoms with E-state index in [1.54, 1.807) is 17.1 Å². The van der Waals surface area contributed by atoms with E-state index < -0.39 is 0 Å². The number of nitrogens with zero attached hydrogens (tertiary/aromatic N) is 4. The van der Waals surface area contributed by atoms with Crippen LogP contribution in [0.25, 0.3) is 0 Å². The number of carbonyl (C=O) groups excluding carboxylic acids is 1. The van der Waals surface area contributed by atoms with Gasteiger partial charge in [0.15, 0.2) is 0 Å². The van der Waals surface area contributed by atoms with Crippen molar-refractivity contribution in [3.63, 3.8) is 0 Å². The molecule has 1 N–H and O–H groups in total. The van der Waals surface area contributed by atoms with Crippen molar-refractivity contribution in [3.05, 3.63) is 47.7 Å². The molecule has 0 fully saturated rings. The Balaban J connectivity index is 2.10. The van der Waals surface area contributed by atoms with E-state index in [1.807, 2.05) is 32.9 Å². The predicted molar refractivity (Wildman–Crippen MR) is 79.9 cm³/mol. The van der Waals surface area contributed by atoms with E-state index in [0.29, 0.717) is 17.2 Å². The fourth-order valence-corrected chi connectivity index (χ4v) is 2.49. The van der Waals surface area contributed by atoms with Crippen LogP contribution in [0.4, 0.5) is 5.95 Å². The molecular weight excluding hydrogens is 282 g/mol. The molecule has 1 atom stereocenters. The Kier molecular flexibility index (Phi) is 3.62. The highest BCUT2D eigenvalue weighted by Crippen LogP contribution is 2.34. The summed E-state index contributed by atoms with van der Waals surface area (Å²) in [5.41, 5.74) is 2.14. The Labute approximate surface area is 128 Å². The molecule has 3 heterocycles. The van der Waals surface area contributed by atoms with E-state index in [-0.39, 0.29) is 18.1 Å². The Hall–Kier alpha value is -2.70. The molecule has 3 rings (SSSR count). The van der Waals surface area contributed by atoms with E-state index in [9.17, 15) is 4.79 Å². The monoisotopic (exact) mass is 299 g/mol. The van der Waals surface area contributed by atoms with E-state index in [2.05, 4.69) is 20.4 Å². The van der Waals surface area contributed by atoms with Gasteiger partial charge in [-0.2, -0.15) is 10.1 Å². The molecule has 2 aromatic heterocycles. The quantitative estimate of drug-likeness (QED) is 0.872. The minimum Gasteiger partial charge on any atom is -0.459 e. The van der Waals surface area contributed by atoms with Gasteiger partial charge in [0.2, 0.25) is 5.95 Å². The zero-order valence-electron chi connectivity index (χ0n) is 12.6. The molecule has 0 radical (unpaired) electrons. The molecular formula is C15H17N5O2. The minimum atomic E-state index is -0.381. The van der Waals surface area contributed by atoms with Crippen LogP contribution in [-0.2, 0) is 9.53 Å². The normalized spacial score (nSPS) is 17.2. The number of fused-ring (bicyclic) bond motifs is 1. The third-order valence-corrected chi connectivity index (χ3v) is 3.38. The average Bonchev–Trinajstić information content (AvgIpc) is 2.93. The summed E-state index contributed by atoms with van der Waals surface area (Å²) >= 11 is 0. The number of rotatable bonds is 3. The fraction of sp³-hybridized carbons (Fsp3) is 0.333. The molecule has 0 aromatic carbocycles. The molecule has 0 bridgehead atoms. The second-order valence-corrected chi connectivity index (χ2v) is 5.33. The van der Waals surface area contributed by atoms with Crippen LogP contribution < -0.4 is 5.32 Å². The van der Waals surface area contributed by atoms with Gasteiger partial charge >= 0.3 is 5.97 Å². The van der Waals surface area contributed by atoms with E-state index >= 15 is 0 Å². The predicted octanol–water partition coefficient (Wildman–Crippen LogP) is 1.91. The molecule has 0 saturated carbocycles. The zero-order valence-corrected chi connectivity index (χ0v) is 12.6. The maximum Gasteiger partial charge on any atom is 0.338 e. The number of carbonyl (C=O) groups is 1. The number of hydrogen-bond acceptors (Lipinski definition) is 6. The Morgan fingerprint density at radius 3 is 2.77 bits per heavy atom. The summed E-state index contributed by atoms with van der Waals surface area (Å²) in [6.07, 6.45) is 4.65. The largest absolute Gasteiger partial charge is 0.459 e. The second kappa shape index (κ2) is 5.59. The zero-order chi connectivity index (χ0) is 15.7. The highest BCUT2D eigenvalue weighted by molar-refractivity contribution is 5.92. The van der Waals surface area contributed by atoms with Gasteiger partial charge in [-0.15, -0.1) is 0 Å². The van der Waals surface area contributed by atoms with Gasteiger partial charge in [0, 0.05) is 18.1 Å². The van der Waals surface area contributed by atoms with Crippen molar-refractivity contribution in [3.8, 4) is 0 Å². The SMILES string of the molecule is CC1=C(C(=O)OC(C)C)[C@H](c2ccncc2)n2ncnc2N1. The topological polar surface area (TPSA) is 81.9 Å². The molecule has 2 aromatic rings. The van der Waals surface area contributed by atoms with Gasteiger partial charge in [-0.05, 0) is 38.5 Å². The number of aromatic nitrogens is 4. The molecule has 7 heteroatoms. The number of allylic oxidation sites excluding steroid dienone is 1. The van der Waals surface area contributed by atoms with Gasteiger partial charge in [-0.3, -0.25) is 4.98 Å². The summed E-state index contributed by atoms with van der Waals surface area (Å²) < 4.78 is 7.07. The van der Waals surface area contributed by atoms with Crippen LogP contribution in [0.1, 0.15) is 32.4 Å². The van der Waals surface area contributed by atoms with Crippen molar-refractivity contribution in [2.75, 3.05) is 5.32 Å². The summed E-state index contributed by atoms with van der Waals surface area (Å²) in [7, 11) is 0. The summed E-state index contributed by atoms with van der Waals surface area (Å²) in [5.74, 6) is 0.239. The van der Waals surface area contributed by atoms with E-state index in [0.717, 1.165) is 5.56 Å². The van der Waals surface area contributed by atoms with Crippen LogP contribution in [0.3, 0.4) is 0 Å². The molecule has 0 amide bonds. The molecule has 7 nitrogen and oxygen atoms in total. The lowest BCUT2D eigenvalue weighted by Crippen LogP contribution is -2.30. The van der Waals surface area contributed by atoms with E-state index in [1.165, 1.54) is 6.33 Å². The first-order valence-electron chi connectivity index (χ1n) is 7.06. The van der Waals surface area contributed by atoms with Gasteiger partial charge in [0.25, 0.3) is 0 Å². The smallest absolute Gasteiger partial charge is 0.338 e. The van der Waals surface area contributed by atoms with Gasteiger partial charge in [-0.1, -0.05) is 0 Å². The molecule has 0 unspecified atom stereocenters. The second-order valence-electron chi connectivity index (χ2n) is 5.33. The Morgan fingerprint density at radius 2 is 2.09 bits per heavy atom. The third kappa shape index (κ3) is 2.45. The number of nitrogens with one attached hydrogen (secondary N) is 1. The highest BCUT2D eigenvalue weighted by atomic mass is 16.5. The van der Waals surface area contributed by atoms with Gasteiger partial charge in [-0.25, -0.2) is 9.48 Å². The molecule has 0 spiro atoms. The molecule has 0 saturated heterocycles. The standard InChI is InChI=1S/C15H17N5O2/c1-9(2)22-14(21)12-10(3)19-15-17-8-18-20(15)13(12)11-4-6-16-7-5-11/h4-9,13H,1-3H3,(H,17,18,19)/t13-/m0/s1. The van der Waals surface area contributed by atoms with Crippen molar-refractivity contribution in [2.45, 2.75) is 32.9 Å². The number of hydrogen-bond donors (Lipinski definition) is 1. The average molecular weight is 299 g/mol. The number of esters is 1. The van der Waals surface area contributed by atoms with Gasteiger partial charge in [0.05, 0.1) is 11.7 Å². The van der Waals surface area contributed by atoms with Crippen LogP contribution in [-0.4, -0.2) is 31.8 Å². The number of ether oxygens (including phenoxy) is 1. The van der Waals surface area contributed by atoms with Crippen LogP contribution in [0.15, 0.2) is 42.1 Å². The van der Waals surface area contributed by atoms with Crippen molar-refractivity contribution < 1.29 is 9.53 Å². The lowest BCUT2D eigenvalue weighted by molar-refractivity contribution is -0.143. The summed E-state index contributed by atoms with van der Waals surface area (Å²) in [6.45, 7) is 5.49. The first-order chi connectivity index (χ1) is 10.6.